The molecule has 0 bridgehead atoms. The number of hydrogen-bond acceptors (Lipinski definition) is 5. The third-order valence-electron chi connectivity index (χ3n) is 4.96. The maximum atomic E-state index is 13.7. The number of rotatable bonds is 4. The van der Waals surface area contributed by atoms with Crippen molar-refractivity contribution in [3.63, 3.8) is 0 Å². The van der Waals surface area contributed by atoms with Crippen LogP contribution < -0.4 is 0 Å². The summed E-state index contributed by atoms with van der Waals surface area (Å²) >= 11 is 0. The Kier molecular flexibility index (Phi) is 7.42. The van der Waals surface area contributed by atoms with E-state index in [9.17, 15) is 34.4 Å². The van der Waals surface area contributed by atoms with Gasteiger partial charge in [-0.25, -0.2) is 8.78 Å². The van der Waals surface area contributed by atoms with Crippen LogP contribution in [0.25, 0.3) is 11.9 Å². The molecule has 0 saturated carbocycles. The molecule has 0 spiro atoms. The predicted octanol–water partition coefficient (Wildman–Crippen LogP) is 4.65. The van der Waals surface area contributed by atoms with Crippen molar-refractivity contribution >= 4 is 32.1 Å². The average molecular weight is 506 g/mol. The number of fused-ring (bicyclic) bond motifs is 2. The van der Waals surface area contributed by atoms with Gasteiger partial charge in [0, 0.05) is 12.0 Å². The molecule has 12 heteroatoms. The lowest BCUT2D eigenvalue weighted by Crippen LogP contribution is -2.22. The van der Waals surface area contributed by atoms with E-state index >= 15 is 0 Å². The van der Waals surface area contributed by atoms with E-state index < -0.39 is 43.8 Å². The van der Waals surface area contributed by atoms with Gasteiger partial charge >= 0.3 is 6.61 Å². The predicted molar refractivity (Wildman–Crippen MR) is 113 cm³/mol. The molecule has 2 aliphatic rings. The van der Waals surface area contributed by atoms with E-state index in [0.717, 1.165) is 11.1 Å². The fraction of sp³-hybridized carbons (Fsp3) is 0.238. The summed E-state index contributed by atoms with van der Waals surface area (Å²) < 4.78 is 108. The maximum Gasteiger partial charge on any atom is 0.359 e. The van der Waals surface area contributed by atoms with Gasteiger partial charge in [-0.1, -0.05) is 48.5 Å². The standard InChI is InChI=1S/C11H10F2O3S.C10H8F2O3S/c12-11(13)16-17(14,15)10-6-5-8-3-1-2-4-9(8)7-10;11-8-5-6-3-1-2-4-7(6)9(12)10(8)16(13,14)15/h1-4,7,11H,5-6H2;1-4,8H,5H2,(H,13,14,15). The monoisotopic (exact) mass is 506 g/mol. The molecule has 0 aliphatic heterocycles. The minimum Gasteiger partial charge on any atom is -0.282 e. The summed E-state index contributed by atoms with van der Waals surface area (Å²) in [4.78, 5) is -1.28. The van der Waals surface area contributed by atoms with E-state index in [1.54, 1.807) is 18.2 Å². The molecule has 2 aromatic carbocycles. The number of benzene rings is 2. The molecule has 0 fully saturated rings. The van der Waals surface area contributed by atoms with Crippen molar-refractivity contribution in [2.45, 2.75) is 32.0 Å². The zero-order chi connectivity index (χ0) is 24.4. The van der Waals surface area contributed by atoms with Gasteiger partial charge in [0.25, 0.3) is 20.2 Å². The van der Waals surface area contributed by atoms with Gasteiger partial charge in [0.15, 0.2) is 5.83 Å². The highest BCUT2D eigenvalue weighted by Gasteiger charge is 2.35. The van der Waals surface area contributed by atoms with Crippen molar-refractivity contribution in [3.8, 4) is 0 Å². The first-order valence-corrected chi connectivity index (χ1v) is 12.3. The molecule has 0 saturated heterocycles. The summed E-state index contributed by atoms with van der Waals surface area (Å²) in [6.07, 6.45) is -0.209. The third-order valence-corrected chi connectivity index (χ3v) is 7.32. The van der Waals surface area contributed by atoms with Gasteiger partial charge in [0.1, 0.15) is 11.1 Å². The Morgan fingerprint density at radius 2 is 1.55 bits per heavy atom. The van der Waals surface area contributed by atoms with Gasteiger partial charge in [0.05, 0.1) is 4.91 Å². The molecule has 178 valence electrons. The smallest absolute Gasteiger partial charge is 0.282 e. The van der Waals surface area contributed by atoms with Crippen molar-refractivity contribution in [2.24, 2.45) is 0 Å². The topological polar surface area (TPSA) is 97.7 Å². The maximum absolute atomic E-state index is 13.7. The SMILES string of the molecule is O=S(=O)(O)C1=C(F)c2ccccc2CC1F.O=S(=O)(OC(F)F)C1=Cc2ccccc2CC1. The first-order chi connectivity index (χ1) is 15.4. The van der Waals surface area contributed by atoms with Crippen molar-refractivity contribution in [3.05, 3.63) is 80.6 Å². The van der Waals surface area contributed by atoms with Gasteiger partial charge in [-0.05, 0) is 35.6 Å². The van der Waals surface area contributed by atoms with E-state index in [-0.39, 0.29) is 23.3 Å². The molecule has 6 nitrogen and oxygen atoms in total. The number of allylic oxidation sites excluding steroid dienone is 2. The molecule has 2 aliphatic carbocycles. The molecular weight excluding hydrogens is 488 g/mol. The summed E-state index contributed by atoms with van der Waals surface area (Å²) in [6, 6.07) is 13.2. The number of aryl methyl sites for hydroxylation is 1. The van der Waals surface area contributed by atoms with Crippen LogP contribution in [0.15, 0.2) is 58.3 Å². The Morgan fingerprint density at radius 3 is 2.18 bits per heavy atom. The lowest BCUT2D eigenvalue weighted by Gasteiger charge is -2.19. The zero-order valence-corrected chi connectivity index (χ0v) is 18.4. The fourth-order valence-corrected chi connectivity index (χ4v) is 5.19. The third kappa shape index (κ3) is 5.88. The Hall–Kier alpha value is -2.54. The van der Waals surface area contributed by atoms with Crippen LogP contribution in [0.4, 0.5) is 17.6 Å². The summed E-state index contributed by atoms with van der Waals surface area (Å²) in [6.45, 7) is -3.32. The quantitative estimate of drug-likeness (QED) is 0.368. The van der Waals surface area contributed by atoms with Gasteiger partial charge in [-0.15, -0.1) is 0 Å². The lowest BCUT2D eigenvalue weighted by atomic mass is 9.95. The van der Waals surface area contributed by atoms with Crippen molar-refractivity contribution in [2.75, 3.05) is 0 Å². The molecule has 1 unspecified atom stereocenters. The van der Waals surface area contributed by atoms with E-state index in [1.807, 2.05) is 12.1 Å². The molecule has 1 atom stereocenters. The minimum atomic E-state index is -4.84. The molecule has 1 N–H and O–H groups in total. The molecular formula is C21H18F4O6S2. The molecule has 4 rings (SSSR count). The van der Waals surface area contributed by atoms with Crippen LogP contribution in [0.1, 0.15) is 28.7 Å². The highest BCUT2D eigenvalue weighted by atomic mass is 32.2. The van der Waals surface area contributed by atoms with Gasteiger partial charge in [-0.3, -0.25) is 4.55 Å². The second-order valence-electron chi connectivity index (χ2n) is 7.10. The van der Waals surface area contributed by atoms with Crippen LogP contribution in [0, 0.1) is 0 Å². The van der Waals surface area contributed by atoms with Gasteiger partial charge in [0.2, 0.25) is 0 Å². The van der Waals surface area contributed by atoms with Crippen LogP contribution >= 0.6 is 0 Å². The van der Waals surface area contributed by atoms with E-state index in [4.69, 9.17) is 4.55 Å². The number of halogens is 4. The molecule has 33 heavy (non-hydrogen) atoms. The van der Waals surface area contributed by atoms with Crippen LogP contribution in [0.2, 0.25) is 0 Å². The molecule has 0 aromatic heterocycles. The minimum absolute atomic E-state index is 0.0176. The molecule has 0 radical (unpaired) electrons. The Balaban J connectivity index is 0.000000186. The Labute approximate surface area is 188 Å². The van der Waals surface area contributed by atoms with Crippen LogP contribution in [0.5, 0.6) is 0 Å². The highest BCUT2D eigenvalue weighted by Crippen LogP contribution is 2.36. The largest absolute Gasteiger partial charge is 0.359 e. The molecule has 0 amide bonds. The Morgan fingerprint density at radius 1 is 0.939 bits per heavy atom. The first kappa shape index (κ1) is 25.1. The zero-order valence-electron chi connectivity index (χ0n) is 16.8. The second-order valence-corrected chi connectivity index (χ2v) is 10.1. The summed E-state index contributed by atoms with van der Waals surface area (Å²) in [5.74, 6) is -1.21. The highest BCUT2D eigenvalue weighted by molar-refractivity contribution is 7.91. The van der Waals surface area contributed by atoms with E-state index in [2.05, 4.69) is 4.18 Å². The normalized spacial score (nSPS) is 18.1. The Bertz CT molecular complexity index is 1320. The van der Waals surface area contributed by atoms with Crippen LogP contribution in [0.3, 0.4) is 0 Å². The number of hydrogen-bond donors (Lipinski definition) is 1. The average Bonchev–Trinajstić information content (AvgIpc) is 2.72. The van der Waals surface area contributed by atoms with Crippen molar-refractivity contribution in [1.29, 1.82) is 0 Å². The van der Waals surface area contributed by atoms with Crippen LogP contribution in [-0.4, -0.2) is 34.2 Å². The number of alkyl halides is 3. The van der Waals surface area contributed by atoms with E-state index in [0.29, 0.717) is 12.0 Å². The van der Waals surface area contributed by atoms with Gasteiger partial charge < -0.3 is 0 Å². The summed E-state index contributed by atoms with van der Waals surface area (Å²) in [7, 11) is -9.15. The first-order valence-electron chi connectivity index (χ1n) is 9.49. The van der Waals surface area contributed by atoms with Crippen molar-refractivity contribution < 1.29 is 43.1 Å². The fourth-order valence-electron chi connectivity index (χ4n) is 3.50. The second kappa shape index (κ2) is 9.75. The van der Waals surface area contributed by atoms with Gasteiger partial charge in [-0.2, -0.15) is 29.8 Å². The lowest BCUT2D eigenvalue weighted by molar-refractivity contribution is -0.0436. The summed E-state index contributed by atoms with van der Waals surface area (Å²) in [5, 5.41) is 0. The van der Waals surface area contributed by atoms with E-state index in [1.165, 1.54) is 24.3 Å². The molecule has 0 heterocycles. The summed E-state index contributed by atoms with van der Waals surface area (Å²) in [5.41, 5.74) is 2.14. The van der Waals surface area contributed by atoms with Crippen LogP contribution in [-0.2, 0) is 37.3 Å². The van der Waals surface area contributed by atoms with Crippen molar-refractivity contribution in [1.82, 2.24) is 0 Å². The molecule has 2 aromatic rings.